The molecule has 1 N–H and O–H groups in total. The molecule has 1 amide bonds. The van der Waals surface area contributed by atoms with Crippen LogP contribution in [0.15, 0.2) is 18.2 Å². The first-order valence-corrected chi connectivity index (χ1v) is 5.78. The number of alkyl halides is 3. The summed E-state index contributed by atoms with van der Waals surface area (Å²) in [5, 5.41) is 2.69. The molecular formula is C13H11ClF3NO. The van der Waals surface area contributed by atoms with Gasteiger partial charge in [0.15, 0.2) is 0 Å². The van der Waals surface area contributed by atoms with Gasteiger partial charge in [-0.2, -0.15) is 13.2 Å². The zero-order valence-electron chi connectivity index (χ0n) is 10.1. The number of carbonyl (C=O) groups is 1. The van der Waals surface area contributed by atoms with E-state index in [-0.39, 0.29) is 22.9 Å². The topological polar surface area (TPSA) is 29.1 Å². The molecule has 0 aromatic heterocycles. The molecule has 0 spiro atoms. The second-order valence-corrected chi connectivity index (χ2v) is 4.16. The minimum absolute atomic E-state index is 0.164. The largest absolute Gasteiger partial charge is 0.417 e. The number of halogens is 4. The zero-order valence-corrected chi connectivity index (χ0v) is 10.8. The van der Waals surface area contributed by atoms with E-state index in [2.05, 4.69) is 17.2 Å². The Morgan fingerprint density at radius 1 is 1.42 bits per heavy atom. The summed E-state index contributed by atoms with van der Waals surface area (Å²) in [5.74, 6) is 4.79. The van der Waals surface area contributed by atoms with Crippen molar-refractivity contribution in [3.8, 4) is 11.8 Å². The Labute approximate surface area is 113 Å². The molecule has 0 bridgehead atoms. The molecule has 1 aromatic rings. The molecule has 2 nitrogen and oxygen atoms in total. The molecule has 0 heterocycles. The van der Waals surface area contributed by atoms with Crippen molar-refractivity contribution in [3.63, 3.8) is 0 Å². The van der Waals surface area contributed by atoms with E-state index < -0.39 is 11.7 Å². The highest BCUT2D eigenvalue weighted by atomic mass is 35.5. The minimum Gasteiger partial charge on any atom is -0.355 e. The first-order chi connectivity index (χ1) is 8.80. The van der Waals surface area contributed by atoms with E-state index in [9.17, 15) is 18.0 Å². The number of hydrogen-bond donors (Lipinski definition) is 1. The molecule has 0 saturated carbocycles. The Balaban J connectivity index is 2.85. The van der Waals surface area contributed by atoms with Gasteiger partial charge in [-0.05, 0) is 18.2 Å². The standard InChI is InChI=1S/C13H11ClF3NO/c1-9(19)18-7-3-2-4-10-8-11(14)5-6-12(10)13(15,16)17/h5-6,8H,3,7H2,1H3,(H,18,19). The maximum absolute atomic E-state index is 12.7. The van der Waals surface area contributed by atoms with Crippen LogP contribution in [-0.2, 0) is 11.0 Å². The SMILES string of the molecule is CC(=O)NCCC#Cc1cc(Cl)ccc1C(F)(F)F. The van der Waals surface area contributed by atoms with Crippen LogP contribution in [0.3, 0.4) is 0 Å². The minimum atomic E-state index is -4.47. The van der Waals surface area contributed by atoms with Gasteiger partial charge in [-0.25, -0.2) is 0 Å². The predicted molar refractivity (Wildman–Crippen MR) is 66.6 cm³/mol. The fraction of sp³-hybridized carbons (Fsp3) is 0.308. The van der Waals surface area contributed by atoms with Crippen molar-refractivity contribution in [1.29, 1.82) is 0 Å². The molecule has 0 unspecified atom stereocenters. The van der Waals surface area contributed by atoms with Crippen LogP contribution >= 0.6 is 11.6 Å². The van der Waals surface area contributed by atoms with Crippen LogP contribution in [0.25, 0.3) is 0 Å². The Kier molecular flexibility index (Phi) is 5.25. The number of nitrogens with one attached hydrogen (secondary N) is 1. The normalized spacial score (nSPS) is 10.6. The van der Waals surface area contributed by atoms with Crippen LogP contribution in [0.1, 0.15) is 24.5 Å². The molecule has 1 rings (SSSR count). The lowest BCUT2D eigenvalue weighted by molar-refractivity contribution is -0.137. The predicted octanol–water partition coefficient (Wildman–Crippen LogP) is 3.24. The van der Waals surface area contributed by atoms with Gasteiger partial charge < -0.3 is 5.32 Å². The van der Waals surface area contributed by atoms with Crippen molar-refractivity contribution in [1.82, 2.24) is 5.32 Å². The molecule has 0 saturated heterocycles. The first-order valence-electron chi connectivity index (χ1n) is 5.41. The third-order valence-electron chi connectivity index (χ3n) is 2.13. The Bertz CT molecular complexity index is 529. The molecule has 0 radical (unpaired) electrons. The van der Waals surface area contributed by atoms with Crippen LogP contribution < -0.4 is 5.32 Å². The summed E-state index contributed by atoms with van der Waals surface area (Å²) >= 11 is 5.66. The number of rotatable bonds is 2. The molecular weight excluding hydrogens is 279 g/mol. The van der Waals surface area contributed by atoms with Gasteiger partial charge in [0, 0.05) is 30.5 Å². The average molecular weight is 290 g/mol. The maximum Gasteiger partial charge on any atom is 0.417 e. The summed E-state index contributed by atoms with van der Waals surface area (Å²) in [5.41, 5.74) is -0.980. The van der Waals surface area contributed by atoms with E-state index in [0.29, 0.717) is 6.54 Å². The first kappa shape index (κ1) is 15.4. The van der Waals surface area contributed by atoms with Crippen LogP contribution in [0.2, 0.25) is 5.02 Å². The lowest BCUT2D eigenvalue weighted by Gasteiger charge is -2.09. The van der Waals surface area contributed by atoms with E-state index in [4.69, 9.17) is 11.6 Å². The van der Waals surface area contributed by atoms with Gasteiger partial charge in [0.2, 0.25) is 5.91 Å². The lowest BCUT2D eigenvalue weighted by Crippen LogP contribution is -2.20. The van der Waals surface area contributed by atoms with Crippen molar-refractivity contribution in [2.45, 2.75) is 19.5 Å². The van der Waals surface area contributed by atoms with Crippen LogP contribution in [-0.4, -0.2) is 12.5 Å². The van der Waals surface area contributed by atoms with Crippen molar-refractivity contribution in [2.75, 3.05) is 6.54 Å². The number of amides is 1. The molecule has 0 atom stereocenters. The summed E-state index contributed by atoms with van der Waals surface area (Å²) in [6.07, 6.45) is -4.20. The van der Waals surface area contributed by atoms with Gasteiger partial charge in [-0.15, -0.1) is 0 Å². The second-order valence-electron chi connectivity index (χ2n) is 3.72. The van der Waals surface area contributed by atoms with Gasteiger partial charge in [0.25, 0.3) is 0 Å². The van der Waals surface area contributed by atoms with E-state index in [1.54, 1.807) is 0 Å². The summed E-state index contributed by atoms with van der Waals surface area (Å²) in [4.78, 5) is 10.6. The highest BCUT2D eigenvalue weighted by Gasteiger charge is 2.32. The second kappa shape index (κ2) is 6.48. The molecule has 0 aliphatic carbocycles. The van der Waals surface area contributed by atoms with E-state index in [1.807, 2.05) is 0 Å². The molecule has 0 fully saturated rings. The molecule has 0 aliphatic heterocycles. The van der Waals surface area contributed by atoms with Gasteiger partial charge in [-0.1, -0.05) is 23.4 Å². The van der Waals surface area contributed by atoms with Gasteiger partial charge in [-0.3, -0.25) is 4.79 Å². The van der Waals surface area contributed by atoms with Gasteiger partial charge in [0.05, 0.1) is 5.56 Å². The number of carbonyl (C=O) groups excluding carboxylic acids is 1. The lowest BCUT2D eigenvalue weighted by atomic mass is 10.1. The smallest absolute Gasteiger partial charge is 0.355 e. The Morgan fingerprint density at radius 2 is 2.11 bits per heavy atom. The number of benzene rings is 1. The highest BCUT2D eigenvalue weighted by Crippen LogP contribution is 2.32. The molecule has 19 heavy (non-hydrogen) atoms. The summed E-state index contributed by atoms with van der Waals surface area (Å²) in [6, 6.07) is 3.25. The van der Waals surface area contributed by atoms with Crippen LogP contribution in [0.4, 0.5) is 13.2 Å². The Morgan fingerprint density at radius 3 is 2.68 bits per heavy atom. The van der Waals surface area contributed by atoms with E-state index in [1.165, 1.54) is 19.1 Å². The van der Waals surface area contributed by atoms with Gasteiger partial charge in [0.1, 0.15) is 0 Å². The maximum atomic E-state index is 12.7. The monoisotopic (exact) mass is 289 g/mol. The summed E-state index contributed by atoms with van der Waals surface area (Å²) < 4.78 is 38.1. The van der Waals surface area contributed by atoms with Crippen molar-refractivity contribution in [2.24, 2.45) is 0 Å². The zero-order chi connectivity index (χ0) is 14.5. The van der Waals surface area contributed by atoms with Crippen molar-refractivity contribution < 1.29 is 18.0 Å². The third kappa shape index (κ3) is 5.23. The van der Waals surface area contributed by atoms with Crippen molar-refractivity contribution in [3.05, 3.63) is 34.3 Å². The molecule has 6 heteroatoms. The average Bonchev–Trinajstić information content (AvgIpc) is 2.26. The van der Waals surface area contributed by atoms with Crippen LogP contribution in [0.5, 0.6) is 0 Å². The number of hydrogen-bond acceptors (Lipinski definition) is 1. The molecule has 1 aromatic carbocycles. The van der Waals surface area contributed by atoms with Gasteiger partial charge >= 0.3 is 6.18 Å². The van der Waals surface area contributed by atoms with E-state index in [0.717, 1.165) is 6.07 Å². The van der Waals surface area contributed by atoms with E-state index >= 15 is 0 Å². The Hall–Kier alpha value is -1.67. The molecule has 102 valence electrons. The fourth-order valence-corrected chi connectivity index (χ4v) is 1.50. The highest BCUT2D eigenvalue weighted by molar-refractivity contribution is 6.30. The van der Waals surface area contributed by atoms with Crippen LogP contribution in [0, 0.1) is 11.8 Å². The summed E-state index contributed by atoms with van der Waals surface area (Å²) in [6.45, 7) is 1.65. The quantitative estimate of drug-likeness (QED) is 0.657. The third-order valence-corrected chi connectivity index (χ3v) is 2.37. The fourth-order valence-electron chi connectivity index (χ4n) is 1.33. The van der Waals surface area contributed by atoms with Crippen molar-refractivity contribution >= 4 is 17.5 Å². The molecule has 0 aliphatic rings. The summed E-state index contributed by atoms with van der Waals surface area (Å²) in [7, 11) is 0.